The molecule has 5 rings (SSSR count). The molecule has 3 heterocycles. The second kappa shape index (κ2) is 5.81. The third-order valence-electron chi connectivity index (χ3n) is 4.67. The van der Waals surface area contributed by atoms with Crippen LogP contribution in [0, 0.1) is 6.92 Å². The van der Waals surface area contributed by atoms with Gasteiger partial charge in [-0.25, -0.2) is 9.97 Å². The topological polar surface area (TPSA) is 71.1 Å². The SMILES string of the molecule is Cc1cccc2sc(OC3CN(C(=O)c4ccc5nc[nH]c5c4)C3)nc12. The van der Waals surface area contributed by atoms with Crippen molar-refractivity contribution in [3.63, 3.8) is 0 Å². The Morgan fingerprint density at radius 1 is 1.31 bits per heavy atom. The van der Waals surface area contributed by atoms with E-state index in [2.05, 4.69) is 21.0 Å². The summed E-state index contributed by atoms with van der Waals surface area (Å²) in [4.78, 5) is 26.2. The third kappa shape index (κ3) is 2.52. The first-order valence-corrected chi connectivity index (χ1v) is 9.24. The van der Waals surface area contributed by atoms with Crippen molar-refractivity contribution in [1.82, 2.24) is 19.9 Å². The van der Waals surface area contributed by atoms with E-state index in [1.54, 1.807) is 22.6 Å². The highest BCUT2D eigenvalue weighted by atomic mass is 32.1. The van der Waals surface area contributed by atoms with E-state index in [1.165, 1.54) is 0 Å². The fourth-order valence-electron chi connectivity index (χ4n) is 3.19. The van der Waals surface area contributed by atoms with Crippen molar-refractivity contribution in [2.75, 3.05) is 13.1 Å². The summed E-state index contributed by atoms with van der Waals surface area (Å²) in [6.45, 7) is 3.20. The van der Waals surface area contributed by atoms with Crippen LogP contribution in [0.15, 0.2) is 42.7 Å². The number of imidazole rings is 1. The molecule has 0 aliphatic carbocycles. The Bertz CT molecular complexity index is 1130. The normalized spacial score (nSPS) is 14.7. The minimum Gasteiger partial charge on any atom is -0.463 e. The second-order valence-electron chi connectivity index (χ2n) is 6.49. The number of hydrogen-bond donors (Lipinski definition) is 1. The van der Waals surface area contributed by atoms with Crippen molar-refractivity contribution in [3.8, 4) is 5.19 Å². The van der Waals surface area contributed by atoms with Gasteiger partial charge in [-0.3, -0.25) is 4.79 Å². The van der Waals surface area contributed by atoms with Gasteiger partial charge < -0.3 is 14.6 Å². The number of H-pyrrole nitrogens is 1. The molecule has 130 valence electrons. The molecule has 2 aromatic heterocycles. The molecule has 0 saturated carbocycles. The van der Waals surface area contributed by atoms with Crippen LogP contribution >= 0.6 is 11.3 Å². The first kappa shape index (κ1) is 15.3. The summed E-state index contributed by atoms with van der Waals surface area (Å²) in [7, 11) is 0. The van der Waals surface area contributed by atoms with Crippen LogP contribution in [0.1, 0.15) is 15.9 Å². The Morgan fingerprint density at radius 3 is 3.04 bits per heavy atom. The Balaban J connectivity index is 1.26. The lowest BCUT2D eigenvalue weighted by Crippen LogP contribution is -2.56. The van der Waals surface area contributed by atoms with Gasteiger partial charge in [-0.05, 0) is 36.8 Å². The van der Waals surface area contributed by atoms with Gasteiger partial charge in [-0.1, -0.05) is 23.5 Å². The third-order valence-corrected chi connectivity index (χ3v) is 5.58. The summed E-state index contributed by atoms with van der Waals surface area (Å²) in [5.41, 5.74) is 4.53. The summed E-state index contributed by atoms with van der Waals surface area (Å²) in [6.07, 6.45) is 1.63. The summed E-state index contributed by atoms with van der Waals surface area (Å²) in [6, 6.07) is 11.6. The number of rotatable bonds is 3. The number of ether oxygens (including phenoxy) is 1. The standard InChI is InChI=1S/C19H16N4O2S/c1-11-3-2-4-16-17(11)22-19(26-16)25-13-8-23(9-13)18(24)12-5-6-14-15(7-12)21-10-20-14/h2-7,10,13H,8-9H2,1H3,(H,20,21). The van der Waals surface area contributed by atoms with Crippen LogP contribution in [0.2, 0.25) is 0 Å². The predicted molar refractivity (Wildman–Crippen MR) is 101 cm³/mol. The molecule has 0 bridgehead atoms. The minimum atomic E-state index is -0.00398. The van der Waals surface area contributed by atoms with Gasteiger partial charge in [-0.2, -0.15) is 0 Å². The van der Waals surface area contributed by atoms with Crippen molar-refractivity contribution in [3.05, 3.63) is 53.9 Å². The van der Waals surface area contributed by atoms with Crippen LogP contribution in [-0.4, -0.2) is 45.0 Å². The Kier molecular flexibility index (Phi) is 3.43. The van der Waals surface area contributed by atoms with Crippen LogP contribution in [0.5, 0.6) is 5.19 Å². The van der Waals surface area contributed by atoms with Gasteiger partial charge in [0.15, 0.2) is 0 Å². The summed E-state index contributed by atoms with van der Waals surface area (Å²) < 4.78 is 7.09. The van der Waals surface area contributed by atoms with Crippen LogP contribution < -0.4 is 4.74 Å². The second-order valence-corrected chi connectivity index (χ2v) is 7.48. The van der Waals surface area contributed by atoms with E-state index in [0.717, 1.165) is 26.8 Å². The largest absolute Gasteiger partial charge is 0.463 e. The molecule has 0 atom stereocenters. The number of hydrogen-bond acceptors (Lipinski definition) is 5. The molecular formula is C19H16N4O2S. The van der Waals surface area contributed by atoms with Gasteiger partial charge in [0.25, 0.3) is 11.1 Å². The lowest BCUT2D eigenvalue weighted by molar-refractivity contribution is 0.0178. The summed E-state index contributed by atoms with van der Waals surface area (Å²) in [5.74, 6) is 0.0153. The van der Waals surface area contributed by atoms with Crippen molar-refractivity contribution in [1.29, 1.82) is 0 Å². The molecule has 0 radical (unpaired) electrons. The molecule has 1 saturated heterocycles. The van der Waals surface area contributed by atoms with Gasteiger partial charge in [0.1, 0.15) is 6.10 Å². The van der Waals surface area contributed by atoms with Crippen molar-refractivity contribution >= 4 is 38.5 Å². The highest BCUT2D eigenvalue weighted by Gasteiger charge is 2.33. The quantitative estimate of drug-likeness (QED) is 0.605. The van der Waals surface area contributed by atoms with Gasteiger partial charge in [0.2, 0.25) is 0 Å². The molecular weight excluding hydrogens is 348 g/mol. The number of nitrogens with zero attached hydrogens (tertiary/aromatic N) is 3. The lowest BCUT2D eigenvalue weighted by atomic mass is 10.1. The molecule has 1 N–H and O–H groups in total. The molecule has 4 aromatic rings. The zero-order chi connectivity index (χ0) is 17.7. The Labute approximate surface area is 153 Å². The number of thiazole rings is 1. The average Bonchev–Trinajstić information content (AvgIpc) is 3.23. The Hall–Kier alpha value is -2.93. The molecule has 0 spiro atoms. The molecule has 1 fully saturated rings. The first-order valence-electron chi connectivity index (χ1n) is 8.42. The van der Waals surface area contributed by atoms with E-state index < -0.39 is 0 Å². The fraction of sp³-hybridized carbons (Fsp3) is 0.211. The number of fused-ring (bicyclic) bond motifs is 2. The number of carbonyl (C=O) groups excluding carboxylic acids is 1. The predicted octanol–water partition coefficient (Wildman–Crippen LogP) is 3.38. The molecule has 1 aliphatic rings. The number of nitrogens with one attached hydrogen (secondary N) is 1. The van der Waals surface area contributed by atoms with E-state index in [1.807, 2.05) is 37.3 Å². The summed E-state index contributed by atoms with van der Waals surface area (Å²) in [5, 5.41) is 0.672. The van der Waals surface area contributed by atoms with Crippen molar-refractivity contribution in [2.45, 2.75) is 13.0 Å². The minimum absolute atomic E-state index is 0.00398. The smallest absolute Gasteiger partial charge is 0.274 e. The van der Waals surface area contributed by atoms with E-state index in [0.29, 0.717) is 23.8 Å². The highest BCUT2D eigenvalue weighted by molar-refractivity contribution is 7.20. The zero-order valence-corrected chi connectivity index (χ0v) is 14.9. The highest BCUT2D eigenvalue weighted by Crippen LogP contribution is 2.31. The molecule has 1 amide bonds. The van der Waals surface area contributed by atoms with Crippen molar-refractivity contribution in [2.24, 2.45) is 0 Å². The molecule has 26 heavy (non-hydrogen) atoms. The number of aromatic nitrogens is 3. The maximum atomic E-state index is 12.6. The van der Waals surface area contributed by atoms with Crippen molar-refractivity contribution < 1.29 is 9.53 Å². The number of carbonyl (C=O) groups is 1. The lowest BCUT2D eigenvalue weighted by Gasteiger charge is -2.38. The monoisotopic (exact) mass is 364 g/mol. The number of aryl methyl sites for hydroxylation is 1. The molecule has 6 nitrogen and oxygen atoms in total. The average molecular weight is 364 g/mol. The van der Waals surface area contributed by atoms with E-state index >= 15 is 0 Å². The molecule has 1 aliphatic heterocycles. The van der Waals surface area contributed by atoms with Gasteiger partial charge >= 0.3 is 0 Å². The van der Waals surface area contributed by atoms with Crippen LogP contribution in [0.25, 0.3) is 21.3 Å². The zero-order valence-electron chi connectivity index (χ0n) is 14.1. The number of amides is 1. The fourth-order valence-corrected chi connectivity index (χ4v) is 4.15. The molecule has 7 heteroatoms. The van der Waals surface area contributed by atoms with E-state index in [-0.39, 0.29) is 12.0 Å². The number of likely N-dealkylation sites (tertiary alicyclic amines) is 1. The van der Waals surface area contributed by atoms with E-state index in [9.17, 15) is 4.79 Å². The Morgan fingerprint density at radius 2 is 2.19 bits per heavy atom. The first-order chi connectivity index (χ1) is 12.7. The van der Waals surface area contributed by atoms with Gasteiger partial charge in [0, 0.05) is 5.56 Å². The van der Waals surface area contributed by atoms with Crippen LogP contribution in [0.3, 0.4) is 0 Å². The summed E-state index contributed by atoms with van der Waals surface area (Å²) >= 11 is 1.55. The maximum Gasteiger partial charge on any atom is 0.274 e. The van der Waals surface area contributed by atoms with Gasteiger partial charge in [-0.15, -0.1) is 0 Å². The maximum absolute atomic E-state index is 12.6. The van der Waals surface area contributed by atoms with Crippen LogP contribution in [-0.2, 0) is 0 Å². The van der Waals surface area contributed by atoms with E-state index in [4.69, 9.17) is 4.74 Å². The van der Waals surface area contributed by atoms with Gasteiger partial charge in [0.05, 0.1) is 40.7 Å². The number of aromatic amines is 1. The number of para-hydroxylation sites is 1. The molecule has 2 aromatic carbocycles. The van der Waals surface area contributed by atoms with Crippen LogP contribution in [0.4, 0.5) is 0 Å². The molecule has 0 unspecified atom stereocenters. The number of benzene rings is 2.